The van der Waals surface area contributed by atoms with Gasteiger partial charge in [0.1, 0.15) is 11.8 Å². The molecule has 0 radical (unpaired) electrons. The minimum atomic E-state index is -3.61. The lowest BCUT2D eigenvalue weighted by Crippen LogP contribution is -2.55. The molecule has 1 saturated heterocycles. The van der Waals surface area contributed by atoms with E-state index >= 15 is 0 Å². The van der Waals surface area contributed by atoms with E-state index in [-0.39, 0.29) is 5.91 Å². The molecule has 0 saturated carbocycles. The fourth-order valence-electron chi connectivity index (χ4n) is 3.21. The van der Waals surface area contributed by atoms with Gasteiger partial charge in [-0.05, 0) is 44.7 Å². The van der Waals surface area contributed by atoms with Crippen LogP contribution in [-0.2, 0) is 14.8 Å². The number of carbonyl (C=O) groups excluding carboxylic acids is 1. The highest BCUT2D eigenvalue weighted by atomic mass is 32.2. The van der Waals surface area contributed by atoms with E-state index in [0.29, 0.717) is 31.1 Å². The van der Waals surface area contributed by atoms with E-state index in [2.05, 4.69) is 11.8 Å². The van der Waals surface area contributed by atoms with E-state index in [1.165, 1.54) is 4.31 Å². The third kappa shape index (κ3) is 4.88. The molecule has 0 spiro atoms. The Morgan fingerprint density at radius 1 is 1.15 bits per heavy atom. The topological polar surface area (TPSA) is 70.2 Å². The van der Waals surface area contributed by atoms with Gasteiger partial charge in [0, 0.05) is 26.2 Å². The summed E-state index contributed by atoms with van der Waals surface area (Å²) in [6.45, 7) is 10.00. The van der Waals surface area contributed by atoms with E-state index < -0.39 is 16.1 Å². The summed E-state index contributed by atoms with van der Waals surface area (Å²) >= 11 is 0. The van der Waals surface area contributed by atoms with E-state index in [1.54, 1.807) is 36.1 Å². The summed E-state index contributed by atoms with van der Waals surface area (Å²) in [4.78, 5) is 16.9. The van der Waals surface area contributed by atoms with Crippen LogP contribution in [0.15, 0.2) is 24.3 Å². The van der Waals surface area contributed by atoms with Crippen molar-refractivity contribution >= 4 is 21.6 Å². The van der Waals surface area contributed by atoms with Crippen LogP contribution in [-0.4, -0.2) is 75.8 Å². The van der Waals surface area contributed by atoms with Crippen molar-refractivity contribution in [2.24, 2.45) is 0 Å². The third-order valence-electron chi connectivity index (χ3n) is 4.60. The first kappa shape index (κ1) is 20.5. The number of piperazine rings is 1. The number of anilines is 1. The number of nitrogens with zero attached hydrogens (tertiary/aromatic N) is 3. The molecule has 0 aromatic heterocycles. The minimum Gasteiger partial charge on any atom is -0.494 e. The third-order valence-corrected chi connectivity index (χ3v) is 5.84. The zero-order chi connectivity index (χ0) is 19.3. The van der Waals surface area contributed by atoms with Crippen molar-refractivity contribution in [3.05, 3.63) is 24.3 Å². The first-order valence-electron chi connectivity index (χ1n) is 9.01. The molecule has 1 atom stereocenters. The number of sulfonamides is 1. The molecule has 7 nitrogen and oxygen atoms in total. The van der Waals surface area contributed by atoms with Crippen LogP contribution < -0.4 is 9.04 Å². The van der Waals surface area contributed by atoms with Crippen LogP contribution >= 0.6 is 0 Å². The SMILES string of the molecule is CCOc1ccc(N([C@H](C)C(=O)N2CCN(CC)CC2)S(C)(=O)=O)cc1. The summed E-state index contributed by atoms with van der Waals surface area (Å²) < 4.78 is 31.4. The maximum absolute atomic E-state index is 12.9. The van der Waals surface area contributed by atoms with Crippen molar-refractivity contribution in [3.63, 3.8) is 0 Å². The summed E-state index contributed by atoms with van der Waals surface area (Å²) in [7, 11) is -3.61. The Balaban J connectivity index is 2.19. The van der Waals surface area contributed by atoms with Gasteiger partial charge in [-0.3, -0.25) is 9.10 Å². The lowest BCUT2D eigenvalue weighted by atomic mass is 10.2. The van der Waals surface area contributed by atoms with E-state index in [9.17, 15) is 13.2 Å². The van der Waals surface area contributed by atoms with Crippen molar-refractivity contribution < 1.29 is 17.9 Å². The highest BCUT2D eigenvalue weighted by molar-refractivity contribution is 7.92. The monoisotopic (exact) mass is 383 g/mol. The van der Waals surface area contributed by atoms with Gasteiger partial charge in [-0.25, -0.2) is 8.42 Å². The molecule has 2 rings (SSSR count). The molecular formula is C18H29N3O4S. The van der Waals surface area contributed by atoms with Gasteiger partial charge in [0.2, 0.25) is 15.9 Å². The lowest BCUT2D eigenvalue weighted by molar-refractivity contribution is -0.133. The molecule has 146 valence electrons. The zero-order valence-electron chi connectivity index (χ0n) is 16.0. The Bertz CT molecular complexity index is 698. The number of carbonyl (C=O) groups is 1. The summed E-state index contributed by atoms with van der Waals surface area (Å²) in [5.74, 6) is 0.499. The molecule has 0 bridgehead atoms. The summed E-state index contributed by atoms with van der Waals surface area (Å²) in [5.41, 5.74) is 0.462. The molecule has 26 heavy (non-hydrogen) atoms. The molecule has 1 aliphatic heterocycles. The lowest BCUT2D eigenvalue weighted by Gasteiger charge is -2.37. The maximum atomic E-state index is 12.9. The number of ether oxygens (including phenoxy) is 1. The Morgan fingerprint density at radius 3 is 2.19 bits per heavy atom. The zero-order valence-corrected chi connectivity index (χ0v) is 16.8. The van der Waals surface area contributed by atoms with E-state index in [4.69, 9.17) is 4.74 Å². The van der Waals surface area contributed by atoms with Crippen molar-refractivity contribution in [1.29, 1.82) is 0 Å². The van der Waals surface area contributed by atoms with Crippen LogP contribution in [0.25, 0.3) is 0 Å². The molecule has 1 aliphatic rings. The Labute approximate surface area is 156 Å². The number of rotatable bonds is 7. The summed E-state index contributed by atoms with van der Waals surface area (Å²) in [5, 5.41) is 0. The van der Waals surface area contributed by atoms with Gasteiger partial charge in [-0.1, -0.05) is 6.92 Å². The molecule has 1 fully saturated rings. The highest BCUT2D eigenvalue weighted by Crippen LogP contribution is 2.25. The number of amides is 1. The molecule has 0 N–H and O–H groups in total. The second-order valence-electron chi connectivity index (χ2n) is 6.42. The van der Waals surface area contributed by atoms with Crippen LogP contribution in [0.1, 0.15) is 20.8 Å². The second kappa shape index (κ2) is 8.73. The van der Waals surface area contributed by atoms with Gasteiger partial charge in [-0.2, -0.15) is 0 Å². The van der Waals surface area contributed by atoms with Crippen molar-refractivity contribution in [3.8, 4) is 5.75 Å². The number of benzene rings is 1. The molecule has 1 heterocycles. The van der Waals surface area contributed by atoms with Crippen molar-refractivity contribution in [2.75, 3.05) is 49.9 Å². The smallest absolute Gasteiger partial charge is 0.246 e. The molecule has 0 aliphatic carbocycles. The first-order valence-corrected chi connectivity index (χ1v) is 10.9. The van der Waals surface area contributed by atoms with E-state index in [1.807, 2.05) is 6.92 Å². The van der Waals surface area contributed by atoms with E-state index in [0.717, 1.165) is 25.9 Å². The second-order valence-corrected chi connectivity index (χ2v) is 8.28. The predicted octanol–water partition coefficient (Wildman–Crippen LogP) is 1.40. The van der Waals surface area contributed by atoms with Gasteiger partial charge in [0.15, 0.2) is 0 Å². The van der Waals surface area contributed by atoms with Crippen LogP contribution in [0.3, 0.4) is 0 Å². The van der Waals surface area contributed by atoms with Crippen LogP contribution in [0.2, 0.25) is 0 Å². The van der Waals surface area contributed by atoms with Crippen LogP contribution in [0, 0.1) is 0 Å². The predicted molar refractivity (Wildman–Crippen MR) is 103 cm³/mol. The van der Waals surface area contributed by atoms with Crippen molar-refractivity contribution in [1.82, 2.24) is 9.80 Å². The normalized spacial score (nSPS) is 17.0. The molecule has 1 aromatic carbocycles. The molecule has 8 heteroatoms. The average molecular weight is 384 g/mol. The number of hydrogen-bond acceptors (Lipinski definition) is 5. The minimum absolute atomic E-state index is 0.167. The fourth-order valence-corrected chi connectivity index (χ4v) is 4.38. The Morgan fingerprint density at radius 2 is 1.73 bits per heavy atom. The first-order chi connectivity index (χ1) is 12.3. The molecule has 1 aromatic rings. The molecular weight excluding hydrogens is 354 g/mol. The van der Waals surface area contributed by atoms with Gasteiger partial charge in [0.05, 0.1) is 18.6 Å². The molecule has 1 amide bonds. The van der Waals surface area contributed by atoms with Gasteiger partial charge < -0.3 is 14.5 Å². The highest BCUT2D eigenvalue weighted by Gasteiger charge is 2.33. The standard InChI is InChI=1S/C18H29N3O4S/c1-5-19-11-13-20(14-12-19)18(22)15(3)21(26(4,23)24)16-7-9-17(10-8-16)25-6-2/h7-10,15H,5-6,11-14H2,1-4H3/t15-/m1/s1. The van der Waals surface area contributed by atoms with Gasteiger partial charge >= 0.3 is 0 Å². The molecule has 0 unspecified atom stereocenters. The fraction of sp³-hybridized carbons (Fsp3) is 0.611. The quantitative estimate of drug-likeness (QED) is 0.712. The Kier molecular flexibility index (Phi) is 6.88. The maximum Gasteiger partial charge on any atom is 0.246 e. The number of hydrogen-bond donors (Lipinski definition) is 0. The van der Waals surface area contributed by atoms with Crippen molar-refractivity contribution in [2.45, 2.75) is 26.8 Å². The van der Waals surface area contributed by atoms with Gasteiger partial charge in [-0.15, -0.1) is 0 Å². The Hall–Kier alpha value is -1.80. The van der Waals surface area contributed by atoms with Gasteiger partial charge in [0.25, 0.3) is 0 Å². The average Bonchev–Trinajstić information content (AvgIpc) is 2.62. The van der Waals surface area contributed by atoms with Crippen LogP contribution in [0.4, 0.5) is 5.69 Å². The largest absolute Gasteiger partial charge is 0.494 e. The van der Waals surface area contributed by atoms with Crippen LogP contribution in [0.5, 0.6) is 5.75 Å². The number of likely N-dealkylation sites (N-methyl/N-ethyl adjacent to an activating group) is 1. The summed E-state index contributed by atoms with van der Waals surface area (Å²) in [6, 6.07) is 5.98. The summed E-state index contributed by atoms with van der Waals surface area (Å²) in [6.07, 6.45) is 1.13.